The van der Waals surface area contributed by atoms with Crippen LogP contribution in [0.15, 0.2) is 24.5 Å². The Kier molecular flexibility index (Phi) is 4.71. The molecule has 0 aliphatic carbocycles. The van der Waals surface area contributed by atoms with Gasteiger partial charge in [-0.3, -0.25) is 4.98 Å². The van der Waals surface area contributed by atoms with Crippen molar-refractivity contribution in [3.8, 4) is 0 Å². The molecule has 0 radical (unpaired) electrons. The summed E-state index contributed by atoms with van der Waals surface area (Å²) in [6.07, 6.45) is 5.83. The van der Waals surface area contributed by atoms with Crippen LogP contribution in [0.25, 0.3) is 0 Å². The molecule has 2 aliphatic rings. The van der Waals surface area contributed by atoms with E-state index in [4.69, 9.17) is 4.74 Å². The molecule has 2 saturated heterocycles. The lowest BCUT2D eigenvalue weighted by Gasteiger charge is -2.44. The van der Waals surface area contributed by atoms with E-state index in [0.29, 0.717) is 0 Å². The van der Waals surface area contributed by atoms with Gasteiger partial charge in [0, 0.05) is 51.9 Å². The summed E-state index contributed by atoms with van der Waals surface area (Å²) >= 11 is 0. The van der Waals surface area contributed by atoms with Crippen LogP contribution in [0.1, 0.15) is 12.8 Å². The van der Waals surface area contributed by atoms with Gasteiger partial charge in [0.1, 0.15) is 0 Å². The number of anilines is 1. The molecule has 0 saturated carbocycles. The maximum Gasteiger partial charge on any atom is 0.319 e. The van der Waals surface area contributed by atoms with E-state index in [1.165, 1.54) is 0 Å². The zero-order valence-electron chi connectivity index (χ0n) is 14.1. The van der Waals surface area contributed by atoms with Crippen molar-refractivity contribution >= 4 is 11.7 Å². The lowest BCUT2D eigenvalue weighted by Crippen LogP contribution is -2.54. The van der Waals surface area contributed by atoms with Crippen LogP contribution < -0.4 is 4.90 Å². The molecule has 23 heavy (non-hydrogen) atoms. The second-order valence-corrected chi connectivity index (χ2v) is 6.89. The van der Waals surface area contributed by atoms with Crippen molar-refractivity contribution in [3.63, 3.8) is 0 Å². The number of carbonyl (C=O) groups is 1. The molecule has 1 aromatic heterocycles. The predicted molar refractivity (Wildman–Crippen MR) is 89.6 cm³/mol. The highest BCUT2D eigenvalue weighted by atomic mass is 16.5. The first-order valence-corrected chi connectivity index (χ1v) is 8.29. The Morgan fingerprint density at radius 3 is 2.96 bits per heavy atom. The molecule has 2 amide bonds. The van der Waals surface area contributed by atoms with Gasteiger partial charge in [-0.05, 0) is 25.0 Å². The molecule has 2 fully saturated rings. The number of carbonyl (C=O) groups excluding carboxylic acids is 1. The number of hydrogen-bond donors (Lipinski definition) is 0. The van der Waals surface area contributed by atoms with Gasteiger partial charge in [-0.15, -0.1) is 0 Å². The molecular weight excluding hydrogens is 292 g/mol. The minimum atomic E-state index is 0.0102. The number of likely N-dealkylation sites (tertiary alicyclic amines) is 1. The maximum absolute atomic E-state index is 12.3. The minimum Gasteiger partial charge on any atom is -0.379 e. The number of aromatic nitrogens is 1. The molecule has 0 aromatic carbocycles. The van der Waals surface area contributed by atoms with Crippen LogP contribution in [0.3, 0.4) is 0 Å². The number of urea groups is 1. The lowest BCUT2D eigenvalue weighted by atomic mass is 9.80. The number of rotatable bonds is 1. The number of pyridine rings is 1. The van der Waals surface area contributed by atoms with Crippen molar-refractivity contribution in [2.24, 2.45) is 5.41 Å². The molecule has 2 aliphatic heterocycles. The van der Waals surface area contributed by atoms with Gasteiger partial charge in [0.2, 0.25) is 0 Å². The van der Waals surface area contributed by atoms with E-state index in [-0.39, 0.29) is 11.4 Å². The van der Waals surface area contributed by atoms with Gasteiger partial charge >= 0.3 is 6.03 Å². The van der Waals surface area contributed by atoms with Crippen molar-refractivity contribution in [2.75, 3.05) is 58.4 Å². The normalized spacial score (nSPS) is 25.3. The Balaban J connectivity index is 1.77. The fourth-order valence-corrected chi connectivity index (χ4v) is 3.66. The Hall–Kier alpha value is -1.82. The van der Waals surface area contributed by atoms with Gasteiger partial charge in [0.15, 0.2) is 0 Å². The van der Waals surface area contributed by atoms with E-state index in [0.717, 1.165) is 57.9 Å². The fourth-order valence-electron chi connectivity index (χ4n) is 3.66. The number of piperidine rings is 1. The molecule has 126 valence electrons. The first-order chi connectivity index (χ1) is 11.1. The topological polar surface area (TPSA) is 48.9 Å². The zero-order chi connectivity index (χ0) is 16.3. The van der Waals surface area contributed by atoms with E-state index in [9.17, 15) is 4.79 Å². The van der Waals surface area contributed by atoms with Crippen molar-refractivity contribution < 1.29 is 9.53 Å². The summed E-state index contributed by atoms with van der Waals surface area (Å²) in [6.45, 7) is 4.83. The maximum atomic E-state index is 12.3. The summed E-state index contributed by atoms with van der Waals surface area (Å²) in [4.78, 5) is 22.6. The smallest absolute Gasteiger partial charge is 0.319 e. The summed E-state index contributed by atoms with van der Waals surface area (Å²) in [5, 5.41) is 0. The molecule has 3 heterocycles. The Morgan fingerprint density at radius 2 is 2.22 bits per heavy atom. The van der Waals surface area contributed by atoms with E-state index < -0.39 is 0 Å². The average Bonchev–Trinajstić information content (AvgIpc) is 2.77. The van der Waals surface area contributed by atoms with Crippen LogP contribution in [0.2, 0.25) is 0 Å². The largest absolute Gasteiger partial charge is 0.379 e. The summed E-state index contributed by atoms with van der Waals surface area (Å²) in [5.74, 6) is 0. The molecule has 0 N–H and O–H groups in total. The summed E-state index contributed by atoms with van der Waals surface area (Å²) in [5.41, 5.74) is 1.14. The number of nitrogens with zero attached hydrogens (tertiary/aromatic N) is 4. The van der Waals surface area contributed by atoms with Crippen molar-refractivity contribution in [3.05, 3.63) is 24.5 Å². The van der Waals surface area contributed by atoms with E-state index in [2.05, 4.69) is 16.0 Å². The monoisotopic (exact) mass is 318 g/mol. The third-order valence-electron chi connectivity index (χ3n) is 4.77. The zero-order valence-corrected chi connectivity index (χ0v) is 14.1. The average molecular weight is 318 g/mol. The summed E-state index contributed by atoms with van der Waals surface area (Å²) < 4.78 is 5.91. The number of amides is 2. The van der Waals surface area contributed by atoms with Crippen LogP contribution in [0, 0.1) is 5.41 Å². The van der Waals surface area contributed by atoms with Crippen molar-refractivity contribution in [1.82, 2.24) is 14.8 Å². The Morgan fingerprint density at radius 1 is 1.35 bits per heavy atom. The van der Waals surface area contributed by atoms with Gasteiger partial charge in [-0.2, -0.15) is 0 Å². The Labute approximate surface area is 138 Å². The van der Waals surface area contributed by atoms with Crippen LogP contribution in [-0.4, -0.2) is 74.3 Å². The molecule has 1 spiro atoms. The van der Waals surface area contributed by atoms with E-state index in [1.54, 1.807) is 11.1 Å². The van der Waals surface area contributed by atoms with Gasteiger partial charge in [0.25, 0.3) is 0 Å². The second-order valence-electron chi connectivity index (χ2n) is 6.89. The standard InChI is InChI=1S/C17H26N4O2/c1-19(2)16(22)21-8-4-6-17(13-21)12-20(9-10-23-14-17)15-5-3-7-18-11-15/h3,5,7,11H,4,6,8-10,12-14H2,1-2H3/t17-/m1/s1. The quantitative estimate of drug-likeness (QED) is 0.790. The van der Waals surface area contributed by atoms with Gasteiger partial charge in [-0.1, -0.05) is 0 Å². The van der Waals surface area contributed by atoms with Crippen molar-refractivity contribution in [1.29, 1.82) is 0 Å². The molecule has 0 bridgehead atoms. The predicted octanol–water partition coefficient (Wildman–Crippen LogP) is 1.68. The molecule has 6 heteroatoms. The summed E-state index contributed by atoms with van der Waals surface area (Å²) in [7, 11) is 3.63. The van der Waals surface area contributed by atoms with Crippen LogP contribution in [0.4, 0.5) is 10.5 Å². The lowest BCUT2D eigenvalue weighted by molar-refractivity contribution is 0.0210. The first kappa shape index (κ1) is 16.1. The number of ether oxygens (including phenoxy) is 1. The fraction of sp³-hybridized carbons (Fsp3) is 0.647. The van der Waals surface area contributed by atoms with Crippen LogP contribution >= 0.6 is 0 Å². The Bertz CT molecular complexity index is 537. The highest BCUT2D eigenvalue weighted by molar-refractivity contribution is 5.74. The third-order valence-corrected chi connectivity index (χ3v) is 4.77. The van der Waals surface area contributed by atoms with E-state index in [1.807, 2.05) is 31.3 Å². The molecule has 1 atom stereocenters. The molecule has 0 unspecified atom stereocenters. The van der Waals surface area contributed by atoms with Crippen molar-refractivity contribution in [2.45, 2.75) is 12.8 Å². The number of hydrogen-bond acceptors (Lipinski definition) is 4. The molecule has 1 aromatic rings. The highest BCUT2D eigenvalue weighted by Crippen LogP contribution is 2.34. The highest BCUT2D eigenvalue weighted by Gasteiger charge is 2.40. The second kappa shape index (κ2) is 6.74. The molecule has 3 rings (SSSR count). The van der Waals surface area contributed by atoms with Crippen LogP contribution in [-0.2, 0) is 4.74 Å². The van der Waals surface area contributed by atoms with Gasteiger partial charge in [-0.25, -0.2) is 4.79 Å². The molecule has 6 nitrogen and oxygen atoms in total. The third kappa shape index (κ3) is 3.58. The SMILES string of the molecule is CN(C)C(=O)N1CCC[C@]2(COCCN(c3cccnc3)C2)C1. The van der Waals surface area contributed by atoms with Gasteiger partial charge in [0.05, 0.1) is 25.1 Å². The van der Waals surface area contributed by atoms with E-state index >= 15 is 0 Å². The minimum absolute atomic E-state index is 0.0102. The summed E-state index contributed by atoms with van der Waals surface area (Å²) in [6, 6.07) is 4.16. The first-order valence-electron chi connectivity index (χ1n) is 8.29. The van der Waals surface area contributed by atoms with Crippen LogP contribution in [0.5, 0.6) is 0 Å². The molecular formula is C17H26N4O2. The van der Waals surface area contributed by atoms with Gasteiger partial charge < -0.3 is 19.4 Å².